The number of hydrogen-bond donors (Lipinski definition) is 2. The molecule has 2 atom stereocenters. The van der Waals surface area contributed by atoms with Crippen molar-refractivity contribution in [3.05, 3.63) is 36.4 Å². The van der Waals surface area contributed by atoms with Crippen molar-refractivity contribution in [2.75, 3.05) is 12.4 Å². The van der Waals surface area contributed by atoms with Crippen molar-refractivity contribution in [1.29, 1.82) is 0 Å². The summed E-state index contributed by atoms with van der Waals surface area (Å²) in [4.78, 5) is 0. The second-order valence-corrected chi connectivity index (χ2v) is 5.55. The van der Waals surface area contributed by atoms with Crippen LogP contribution in [0.1, 0.15) is 26.2 Å². The van der Waals surface area contributed by atoms with E-state index in [0.29, 0.717) is 17.1 Å². The molecule has 108 valence electrons. The van der Waals surface area contributed by atoms with Crippen molar-refractivity contribution in [2.24, 2.45) is 5.92 Å². The summed E-state index contributed by atoms with van der Waals surface area (Å²) in [6, 6.07) is 8.09. The molecule has 2 unspecified atom stereocenters. The Bertz CT molecular complexity index is 470. The van der Waals surface area contributed by atoms with Gasteiger partial charge in [0.1, 0.15) is 5.75 Å². The molecule has 0 aromatic heterocycles. The largest absolute Gasteiger partial charge is 0.497 e. The van der Waals surface area contributed by atoms with Crippen molar-refractivity contribution in [3.8, 4) is 5.75 Å². The fourth-order valence-electron chi connectivity index (χ4n) is 2.41. The molecule has 0 fully saturated rings. The number of nitrogens with one attached hydrogen (secondary N) is 2. The first-order valence-corrected chi connectivity index (χ1v) is 7.48. The highest BCUT2D eigenvalue weighted by Crippen LogP contribution is 2.20. The Hall–Kier alpha value is -1.55. The van der Waals surface area contributed by atoms with Crippen LogP contribution in [0.25, 0.3) is 0 Å². The third-order valence-electron chi connectivity index (χ3n) is 3.64. The van der Waals surface area contributed by atoms with Gasteiger partial charge in [0.2, 0.25) is 0 Å². The van der Waals surface area contributed by atoms with Crippen molar-refractivity contribution in [2.45, 2.75) is 32.2 Å². The summed E-state index contributed by atoms with van der Waals surface area (Å²) in [6.07, 6.45) is 8.28. The Morgan fingerprint density at radius 2 is 2.10 bits per heavy atom. The van der Waals surface area contributed by atoms with Crippen molar-refractivity contribution >= 4 is 23.0 Å². The minimum absolute atomic E-state index is 0.352. The van der Waals surface area contributed by atoms with Gasteiger partial charge in [0, 0.05) is 11.7 Å². The van der Waals surface area contributed by atoms with Crippen molar-refractivity contribution in [1.82, 2.24) is 5.32 Å². The third-order valence-corrected chi connectivity index (χ3v) is 3.86. The lowest BCUT2D eigenvalue weighted by molar-refractivity contribution is 0.415. The Kier molecular flexibility index (Phi) is 5.41. The molecule has 0 amide bonds. The summed E-state index contributed by atoms with van der Waals surface area (Å²) >= 11 is 5.37. The van der Waals surface area contributed by atoms with E-state index in [-0.39, 0.29) is 0 Å². The molecule has 0 heterocycles. The molecular weight excluding hydrogens is 268 g/mol. The smallest absolute Gasteiger partial charge is 0.171 e. The Morgan fingerprint density at radius 1 is 1.35 bits per heavy atom. The number of anilines is 1. The minimum Gasteiger partial charge on any atom is -0.497 e. The van der Waals surface area contributed by atoms with Gasteiger partial charge in [0.15, 0.2) is 5.11 Å². The third kappa shape index (κ3) is 4.23. The molecule has 0 saturated carbocycles. The first-order chi connectivity index (χ1) is 9.69. The van der Waals surface area contributed by atoms with Gasteiger partial charge in [0.25, 0.3) is 0 Å². The Morgan fingerprint density at radius 3 is 2.70 bits per heavy atom. The van der Waals surface area contributed by atoms with E-state index < -0.39 is 0 Å². The second-order valence-electron chi connectivity index (χ2n) is 5.14. The molecule has 1 aliphatic rings. The van der Waals surface area contributed by atoms with Crippen LogP contribution < -0.4 is 15.4 Å². The second kappa shape index (κ2) is 7.29. The molecule has 0 bridgehead atoms. The highest BCUT2D eigenvalue weighted by Gasteiger charge is 2.16. The van der Waals surface area contributed by atoms with Crippen LogP contribution in [0.5, 0.6) is 5.75 Å². The zero-order valence-corrected chi connectivity index (χ0v) is 12.9. The zero-order chi connectivity index (χ0) is 14.4. The molecule has 2 rings (SSSR count). The Balaban J connectivity index is 1.84. The lowest BCUT2D eigenvalue weighted by atomic mass is 9.90. The number of thiocarbonyl (C=S) groups is 1. The standard InChI is InChI=1S/C16H22N2OS/c1-12(13-6-4-3-5-7-13)17-16(20)18-14-8-10-15(19-2)11-9-14/h4,6,8-13H,3,5,7H2,1-2H3,(H2,17,18,20). The minimum atomic E-state index is 0.352. The van der Waals surface area contributed by atoms with Crippen molar-refractivity contribution < 1.29 is 4.74 Å². The fourth-order valence-corrected chi connectivity index (χ4v) is 2.71. The zero-order valence-electron chi connectivity index (χ0n) is 12.1. The van der Waals surface area contributed by atoms with E-state index in [1.807, 2.05) is 24.3 Å². The van der Waals surface area contributed by atoms with Gasteiger partial charge in [-0.25, -0.2) is 0 Å². The van der Waals surface area contributed by atoms with Crippen LogP contribution in [-0.4, -0.2) is 18.3 Å². The Labute approximate surface area is 126 Å². The summed E-state index contributed by atoms with van der Waals surface area (Å²) < 4.78 is 5.13. The van der Waals surface area contributed by atoms with E-state index in [9.17, 15) is 0 Å². The van der Waals surface area contributed by atoms with Crippen LogP contribution in [0.2, 0.25) is 0 Å². The predicted octanol–water partition coefficient (Wildman–Crippen LogP) is 3.73. The normalized spacial score (nSPS) is 19.2. The van der Waals surface area contributed by atoms with Crippen LogP contribution in [0.3, 0.4) is 0 Å². The highest BCUT2D eigenvalue weighted by molar-refractivity contribution is 7.80. The van der Waals surface area contributed by atoms with E-state index in [0.717, 1.165) is 11.4 Å². The molecule has 3 nitrogen and oxygen atoms in total. The molecule has 2 N–H and O–H groups in total. The SMILES string of the molecule is COc1ccc(NC(=S)NC(C)C2C=CCCC2)cc1. The summed E-state index contributed by atoms with van der Waals surface area (Å²) in [7, 11) is 1.66. The maximum absolute atomic E-state index is 5.37. The maximum Gasteiger partial charge on any atom is 0.171 e. The average molecular weight is 290 g/mol. The van der Waals surface area contributed by atoms with Crippen LogP contribution in [-0.2, 0) is 0 Å². The molecule has 0 spiro atoms. The van der Waals surface area contributed by atoms with Gasteiger partial charge in [-0.05, 0) is 68.6 Å². The van der Waals surface area contributed by atoms with Crippen LogP contribution in [0.15, 0.2) is 36.4 Å². The maximum atomic E-state index is 5.37. The van der Waals surface area contributed by atoms with Gasteiger partial charge in [-0.2, -0.15) is 0 Å². The van der Waals surface area contributed by atoms with Crippen LogP contribution in [0, 0.1) is 5.92 Å². The van der Waals surface area contributed by atoms with E-state index >= 15 is 0 Å². The molecule has 0 saturated heterocycles. The molecule has 0 aliphatic heterocycles. The van der Waals surface area contributed by atoms with E-state index in [1.54, 1.807) is 7.11 Å². The van der Waals surface area contributed by atoms with Gasteiger partial charge in [0.05, 0.1) is 7.11 Å². The van der Waals surface area contributed by atoms with Crippen LogP contribution in [0.4, 0.5) is 5.69 Å². The monoisotopic (exact) mass is 290 g/mol. The van der Waals surface area contributed by atoms with E-state index in [2.05, 4.69) is 29.7 Å². The molecular formula is C16H22N2OS. The van der Waals surface area contributed by atoms with Gasteiger partial charge < -0.3 is 15.4 Å². The first-order valence-electron chi connectivity index (χ1n) is 7.07. The summed E-state index contributed by atoms with van der Waals surface area (Å²) in [5, 5.41) is 7.24. The fraction of sp³-hybridized carbons (Fsp3) is 0.438. The van der Waals surface area contributed by atoms with E-state index in [4.69, 9.17) is 17.0 Å². The summed E-state index contributed by atoms with van der Waals surface area (Å²) in [5.41, 5.74) is 0.967. The number of allylic oxidation sites excluding steroid dienone is 1. The number of hydrogen-bond acceptors (Lipinski definition) is 2. The topological polar surface area (TPSA) is 33.3 Å². The average Bonchev–Trinajstić information content (AvgIpc) is 2.49. The molecule has 4 heteroatoms. The molecule has 1 aromatic rings. The van der Waals surface area contributed by atoms with E-state index in [1.165, 1.54) is 19.3 Å². The molecule has 1 aromatic carbocycles. The predicted molar refractivity (Wildman–Crippen MR) is 88.3 cm³/mol. The van der Waals surface area contributed by atoms with Gasteiger partial charge in [-0.15, -0.1) is 0 Å². The lowest BCUT2D eigenvalue weighted by Crippen LogP contribution is -2.40. The lowest BCUT2D eigenvalue weighted by Gasteiger charge is -2.25. The van der Waals surface area contributed by atoms with Gasteiger partial charge >= 0.3 is 0 Å². The number of ether oxygens (including phenoxy) is 1. The first kappa shape index (κ1) is 14.9. The quantitative estimate of drug-likeness (QED) is 0.654. The molecule has 20 heavy (non-hydrogen) atoms. The molecule has 0 radical (unpaired) electrons. The van der Waals surface area contributed by atoms with Crippen molar-refractivity contribution in [3.63, 3.8) is 0 Å². The van der Waals surface area contributed by atoms with Crippen LogP contribution >= 0.6 is 12.2 Å². The van der Waals surface area contributed by atoms with Gasteiger partial charge in [-0.1, -0.05) is 12.2 Å². The summed E-state index contributed by atoms with van der Waals surface area (Å²) in [5.74, 6) is 1.41. The number of benzene rings is 1. The number of rotatable bonds is 4. The summed E-state index contributed by atoms with van der Waals surface area (Å²) in [6.45, 7) is 2.18. The number of methoxy groups -OCH3 is 1. The highest BCUT2D eigenvalue weighted by atomic mass is 32.1. The molecule has 1 aliphatic carbocycles. The van der Waals surface area contributed by atoms with Gasteiger partial charge in [-0.3, -0.25) is 0 Å².